The van der Waals surface area contributed by atoms with Crippen molar-refractivity contribution in [2.75, 3.05) is 5.32 Å². The van der Waals surface area contributed by atoms with E-state index in [1.807, 2.05) is 13.8 Å². The molecule has 1 amide bonds. The molecule has 0 bridgehead atoms. The lowest BCUT2D eigenvalue weighted by Gasteiger charge is -2.12. The highest BCUT2D eigenvalue weighted by Crippen LogP contribution is 2.30. The summed E-state index contributed by atoms with van der Waals surface area (Å²) in [6, 6.07) is 6.09. The molecule has 1 unspecified atom stereocenters. The van der Waals surface area contributed by atoms with E-state index < -0.39 is 17.0 Å². The van der Waals surface area contributed by atoms with Gasteiger partial charge in [0, 0.05) is 17.4 Å². The fourth-order valence-corrected chi connectivity index (χ4v) is 3.38. The third-order valence-electron chi connectivity index (χ3n) is 3.79. The Kier molecular flexibility index (Phi) is 5.09. The topological polar surface area (TPSA) is 72.2 Å². The Morgan fingerprint density at radius 1 is 1.19 bits per heavy atom. The van der Waals surface area contributed by atoms with Crippen LogP contribution in [0.2, 0.25) is 0 Å². The van der Waals surface area contributed by atoms with Gasteiger partial charge in [0.15, 0.2) is 10.8 Å². The minimum Gasteiger partial charge on any atom is -0.325 e. The maximum absolute atomic E-state index is 12.6. The van der Waals surface area contributed by atoms with Crippen molar-refractivity contribution < 1.29 is 18.0 Å². The summed E-state index contributed by atoms with van der Waals surface area (Å²) in [6.45, 7) is 5.36. The van der Waals surface area contributed by atoms with Gasteiger partial charge in [-0.2, -0.15) is 13.2 Å². The van der Waals surface area contributed by atoms with Crippen molar-refractivity contribution in [3.05, 3.63) is 47.4 Å². The number of hydrogen-bond donors (Lipinski definition) is 1. The zero-order valence-corrected chi connectivity index (χ0v) is 15.5. The van der Waals surface area contributed by atoms with Crippen molar-refractivity contribution in [2.24, 2.45) is 0 Å². The molecule has 10 heteroatoms. The number of thioether (sulfide) groups is 1. The smallest absolute Gasteiger partial charge is 0.325 e. The number of carbonyl (C=O) groups is 1. The van der Waals surface area contributed by atoms with E-state index in [2.05, 4.69) is 20.5 Å². The van der Waals surface area contributed by atoms with Crippen LogP contribution >= 0.6 is 11.8 Å². The van der Waals surface area contributed by atoms with Crippen LogP contribution in [0.25, 0.3) is 5.65 Å². The van der Waals surface area contributed by atoms with E-state index in [9.17, 15) is 18.0 Å². The second-order valence-electron chi connectivity index (χ2n) is 5.95. The summed E-state index contributed by atoms with van der Waals surface area (Å²) in [5.41, 5.74) is 0.978. The molecular weight excluding hydrogens is 379 g/mol. The van der Waals surface area contributed by atoms with E-state index in [4.69, 9.17) is 0 Å². The van der Waals surface area contributed by atoms with Crippen LogP contribution in [-0.2, 0) is 11.0 Å². The predicted molar refractivity (Wildman–Crippen MR) is 95.6 cm³/mol. The number of hydrogen-bond acceptors (Lipinski definition) is 5. The lowest BCUT2D eigenvalue weighted by atomic mass is 10.2. The molecule has 0 saturated heterocycles. The predicted octanol–water partition coefficient (Wildman–Crippen LogP) is 3.88. The first kappa shape index (κ1) is 19.2. The number of nitrogens with one attached hydrogen (secondary N) is 1. The molecule has 6 nitrogen and oxygen atoms in total. The molecule has 0 aliphatic carbocycles. The van der Waals surface area contributed by atoms with E-state index in [1.165, 1.54) is 23.9 Å². The first-order valence-electron chi connectivity index (χ1n) is 7.99. The molecule has 0 radical (unpaired) electrons. The highest BCUT2D eigenvalue weighted by molar-refractivity contribution is 8.00. The number of halogens is 3. The standard InChI is InChI=1S/C17H16F3N5OS/c1-9-8-14-23-24-16(25(14)11(3)21-9)27-10(2)15(26)22-13-6-4-12(5-7-13)17(18,19)20/h4-8,10H,1-3H3,(H,22,26). The van der Waals surface area contributed by atoms with Crippen LogP contribution in [0.4, 0.5) is 18.9 Å². The van der Waals surface area contributed by atoms with Crippen LogP contribution in [0.5, 0.6) is 0 Å². The summed E-state index contributed by atoms with van der Waals surface area (Å²) in [4.78, 5) is 16.7. The molecule has 0 fully saturated rings. The van der Waals surface area contributed by atoms with Crippen molar-refractivity contribution in [2.45, 2.75) is 37.4 Å². The lowest BCUT2D eigenvalue weighted by molar-refractivity contribution is -0.137. The Morgan fingerprint density at radius 3 is 2.48 bits per heavy atom. The first-order chi connectivity index (χ1) is 12.6. The first-order valence-corrected chi connectivity index (χ1v) is 8.87. The van der Waals surface area contributed by atoms with Gasteiger partial charge in [-0.05, 0) is 45.0 Å². The van der Waals surface area contributed by atoms with E-state index in [-0.39, 0.29) is 5.91 Å². The van der Waals surface area contributed by atoms with Crippen LogP contribution < -0.4 is 5.32 Å². The highest BCUT2D eigenvalue weighted by Gasteiger charge is 2.30. The molecule has 142 valence electrons. The van der Waals surface area contributed by atoms with E-state index in [1.54, 1.807) is 17.4 Å². The zero-order valence-electron chi connectivity index (χ0n) is 14.7. The van der Waals surface area contributed by atoms with E-state index in [0.717, 1.165) is 17.8 Å². The van der Waals surface area contributed by atoms with Gasteiger partial charge in [0.05, 0.1) is 10.8 Å². The van der Waals surface area contributed by atoms with Crippen molar-refractivity contribution in [3.8, 4) is 0 Å². The number of amides is 1. The number of anilines is 1. The normalized spacial score (nSPS) is 13.0. The molecule has 0 aliphatic heterocycles. The Bertz CT molecular complexity index is 985. The van der Waals surface area contributed by atoms with Gasteiger partial charge in [-0.25, -0.2) is 4.98 Å². The Labute approximate surface area is 157 Å². The summed E-state index contributed by atoms with van der Waals surface area (Å²) >= 11 is 1.19. The number of benzene rings is 1. The van der Waals surface area contributed by atoms with Crippen LogP contribution in [0.1, 0.15) is 24.0 Å². The van der Waals surface area contributed by atoms with E-state index in [0.29, 0.717) is 22.3 Å². The number of carbonyl (C=O) groups excluding carboxylic acids is 1. The number of alkyl halides is 3. The molecule has 1 aromatic carbocycles. The average molecular weight is 395 g/mol. The van der Waals surface area contributed by atoms with Gasteiger partial charge in [-0.1, -0.05) is 11.8 Å². The molecular formula is C17H16F3N5OS. The molecule has 27 heavy (non-hydrogen) atoms. The lowest BCUT2D eigenvalue weighted by Crippen LogP contribution is -2.22. The monoisotopic (exact) mass is 395 g/mol. The average Bonchev–Trinajstić information content (AvgIpc) is 2.97. The maximum atomic E-state index is 12.6. The SMILES string of the molecule is Cc1cc2nnc(SC(C)C(=O)Nc3ccc(C(F)(F)F)cc3)n2c(C)n1. The maximum Gasteiger partial charge on any atom is 0.416 e. The van der Waals surface area contributed by atoms with Crippen LogP contribution in [0.15, 0.2) is 35.5 Å². The second kappa shape index (κ2) is 7.18. The molecule has 2 heterocycles. The van der Waals surface area contributed by atoms with Gasteiger partial charge in [0.25, 0.3) is 0 Å². The molecule has 1 atom stereocenters. The van der Waals surface area contributed by atoms with E-state index >= 15 is 0 Å². The van der Waals surface area contributed by atoms with Crippen molar-refractivity contribution in [1.82, 2.24) is 19.6 Å². The van der Waals surface area contributed by atoms with Gasteiger partial charge >= 0.3 is 6.18 Å². The number of nitrogens with zero attached hydrogens (tertiary/aromatic N) is 4. The summed E-state index contributed by atoms with van der Waals surface area (Å²) in [7, 11) is 0. The molecule has 2 aromatic heterocycles. The van der Waals surface area contributed by atoms with Gasteiger partial charge in [0.2, 0.25) is 5.91 Å². The Morgan fingerprint density at radius 2 is 1.85 bits per heavy atom. The fourth-order valence-electron chi connectivity index (χ4n) is 2.48. The van der Waals surface area contributed by atoms with Gasteiger partial charge in [0.1, 0.15) is 5.82 Å². The largest absolute Gasteiger partial charge is 0.416 e. The van der Waals surface area contributed by atoms with Gasteiger partial charge in [-0.3, -0.25) is 9.20 Å². The third-order valence-corrected chi connectivity index (χ3v) is 4.83. The minimum atomic E-state index is -4.41. The van der Waals surface area contributed by atoms with Crippen molar-refractivity contribution >= 4 is 29.0 Å². The molecule has 3 rings (SSSR count). The van der Waals surface area contributed by atoms with Gasteiger partial charge < -0.3 is 5.32 Å². The molecule has 0 spiro atoms. The van der Waals surface area contributed by atoms with Crippen molar-refractivity contribution in [1.29, 1.82) is 0 Å². The van der Waals surface area contributed by atoms with Crippen LogP contribution in [0, 0.1) is 13.8 Å². The van der Waals surface area contributed by atoms with Gasteiger partial charge in [-0.15, -0.1) is 10.2 Å². The number of aromatic nitrogens is 4. The Hall–Kier alpha value is -2.62. The Balaban J connectivity index is 1.71. The summed E-state index contributed by atoms with van der Waals surface area (Å²) in [5, 5.41) is 10.8. The molecule has 0 saturated carbocycles. The fraction of sp³-hybridized carbons (Fsp3) is 0.294. The highest BCUT2D eigenvalue weighted by atomic mass is 32.2. The zero-order chi connectivity index (χ0) is 19.8. The van der Waals surface area contributed by atoms with Crippen molar-refractivity contribution in [3.63, 3.8) is 0 Å². The number of aryl methyl sites for hydroxylation is 2. The van der Waals surface area contributed by atoms with Crippen LogP contribution in [0.3, 0.4) is 0 Å². The third kappa shape index (κ3) is 4.21. The quantitative estimate of drug-likeness (QED) is 0.679. The molecule has 3 aromatic rings. The number of fused-ring (bicyclic) bond motifs is 1. The number of rotatable bonds is 4. The summed E-state index contributed by atoms with van der Waals surface area (Å²) < 4.78 is 39.5. The molecule has 0 aliphatic rings. The van der Waals surface area contributed by atoms with Crippen LogP contribution in [-0.4, -0.2) is 30.7 Å². The molecule has 1 N–H and O–H groups in total. The summed E-state index contributed by atoms with van der Waals surface area (Å²) in [5.74, 6) is 0.349. The minimum absolute atomic E-state index is 0.292. The summed E-state index contributed by atoms with van der Waals surface area (Å²) in [6.07, 6.45) is -4.41. The second-order valence-corrected chi connectivity index (χ2v) is 7.25.